The monoisotopic (exact) mass is 145 g/mol. The van der Waals surface area contributed by atoms with Crippen LogP contribution in [0.15, 0.2) is 0 Å². The Morgan fingerprint density at radius 2 is 2.44 bits per heavy atom. The van der Waals surface area contributed by atoms with Crippen LogP contribution in [0.25, 0.3) is 0 Å². The van der Waals surface area contributed by atoms with Crippen molar-refractivity contribution in [3.63, 3.8) is 0 Å². The minimum Gasteiger partial charge on any atom is -0.237 e. The molecular weight excluding hydrogens is 132 g/mol. The minimum atomic E-state index is 0.126. The zero-order valence-corrected chi connectivity index (χ0v) is 6.45. The molecular formula is C7H13OS. The van der Waals surface area contributed by atoms with Gasteiger partial charge in [0.05, 0.1) is 6.61 Å². The van der Waals surface area contributed by atoms with E-state index in [9.17, 15) is 5.11 Å². The zero-order chi connectivity index (χ0) is 6.53. The molecule has 0 bridgehead atoms. The molecule has 0 saturated carbocycles. The SMILES string of the molecule is [O]CCCC1CCSC1. The number of hydrogen-bond acceptors (Lipinski definition) is 1. The van der Waals surface area contributed by atoms with Crippen molar-refractivity contribution in [1.82, 2.24) is 0 Å². The van der Waals surface area contributed by atoms with Crippen molar-refractivity contribution < 1.29 is 5.11 Å². The van der Waals surface area contributed by atoms with Gasteiger partial charge in [0.25, 0.3) is 0 Å². The third-order valence-corrected chi connectivity index (χ3v) is 3.01. The maximum atomic E-state index is 10.1. The third kappa shape index (κ3) is 2.59. The van der Waals surface area contributed by atoms with Crippen molar-refractivity contribution in [2.45, 2.75) is 19.3 Å². The fraction of sp³-hybridized carbons (Fsp3) is 1.00. The smallest absolute Gasteiger partial charge is 0.0822 e. The van der Waals surface area contributed by atoms with E-state index in [1.165, 1.54) is 24.3 Å². The second-order valence-electron chi connectivity index (χ2n) is 2.58. The summed E-state index contributed by atoms with van der Waals surface area (Å²) in [6.07, 6.45) is 3.42. The normalized spacial score (nSPS) is 27.0. The molecule has 1 rings (SSSR count). The lowest BCUT2D eigenvalue weighted by atomic mass is 10.0. The summed E-state index contributed by atoms with van der Waals surface area (Å²) < 4.78 is 0. The van der Waals surface area contributed by atoms with E-state index in [1.54, 1.807) is 0 Å². The molecule has 53 valence electrons. The van der Waals surface area contributed by atoms with Gasteiger partial charge in [0, 0.05) is 0 Å². The predicted molar refractivity (Wildman–Crippen MR) is 40.2 cm³/mol. The highest BCUT2D eigenvalue weighted by Crippen LogP contribution is 2.26. The molecule has 1 radical (unpaired) electrons. The number of thioether (sulfide) groups is 1. The summed E-state index contributed by atoms with van der Waals surface area (Å²) in [5, 5.41) is 10.1. The lowest BCUT2D eigenvalue weighted by Gasteiger charge is -2.03. The molecule has 1 atom stereocenters. The average molecular weight is 145 g/mol. The van der Waals surface area contributed by atoms with E-state index in [2.05, 4.69) is 0 Å². The Morgan fingerprint density at radius 1 is 1.56 bits per heavy atom. The summed E-state index contributed by atoms with van der Waals surface area (Å²) in [4.78, 5) is 0. The summed E-state index contributed by atoms with van der Waals surface area (Å²) >= 11 is 2.03. The third-order valence-electron chi connectivity index (χ3n) is 1.78. The Labute approximate surface area is 60.8 Å². The van der Waals surface area contributed by atoms with Crippen molar-refractivity contribution in [3.8, 4) is 0 Å². The molecule has 0 amide bonds. The molecule has 1 fully saturated rings. The Hall–Kier alpha value is 0.310. The topological polar surface area (TPSA) is 19.9 Å². The van der Waals surface area contributed by atoms with Crippen LogP contribution in [0.2, 0.25) is 0 Å². The molecule has 2 heteroatoms. The minimum absolute atomic E-state index is 0.126. The van der Waals surface area contributed by atoms with Gasteiger partial charge < -0.3 is 0 Å². The molecule has 1 unspecified atom stereocenters. The number of hydrogen-bond donors (Lipinski definition) is 0. The van der Waals surface area contributed by atoms with Crippen LogP contribution in [0, 0.1) is 5.92 Å². The van der Waals surface area contributed by atoms with Crippen LogP contribution in [0.1, 0.15) is 19.3 Å². The van der Waals surface area contributed by atoms with E-state index in [0.29, 0.717) is 0 Å². The van der Waals surface area contributed by atoms with Crippen LogP contribution in [-0.4, -0.2) is 18.1 Å². The maximum Gasteiger partial charge on any atom is 0.0822 e. The first-order valence-electron chi connectivity index (χ1n) is 3.59. The highest BCUT2D eigenvalue weighted by Gasteiger charge is 2.13. The fourth-order valence-electron chi connectivity index (χ4n) is 1.18. The second kappa shape index (κ2) is 4.18. The van der Waals surface area contributed by atoms with Gasteiger partial charge in [-0.2, -0.15) is 11.8 Å². The van der Waals surface area contributed by atoms with Crippen LogP contribution in [0.4, 0.5) is 0 Å². The molecule has 0 aliphatic carbocycles. The molecule has 0 aromatic rings. The van der Waals surface area contributed by atoms with Gasteiger partial charge in [-0.15, -0.1) is 0 Å². The van der Waals surface area contributed by atoms with Gasteiger partial charge in [0.15, 0.2) is 0 Å². The Balaban J connectivity index is 1.98. The van der Waals surface area contributed by atoms with E-state index in [4.69, 9.17) is 0 Å². The van der Waals surface area contributed by atoms with Gasteiger partial charge in [0.2, 0.25) is 0 Å². The van der Waals surface area contributed by atoms with E-state index in [0.717, 1.165) is 12.3 Å². The maximum absolute atomic E-state index is 10.1. The number of rotatable bonds is 3. The standard InChI is InChI=1S/C7H13OS/c8-4-1-2-7-3-5-9-6-7/h7H,1-6H2. The van der Waals surface area contributed by atoms with E-state index < -0.39 is 0 Å². The summed E-state index contributed by atoms with van der Waals surface area (Å²) in [5.74, 6) is 3.51. The van der Waals surface area contributed by atoms with Gasteiger partial charge in [-0.05, 0) is 36.7 Å². The second-order valence-corrected chi connectivity index (χ2v) is 3.73. The van der Waals surface area contributed by atoms with E-state index in [1.807, 2.05) is 11.8 Å². The molecule has 0 N–H and O–H groups in total. The van der Waals surface area contributed by atoms with Gasteiger partial charge >= 0.3 is 0 Å². The quantitative estimate of drug-likeness (QED) is 0.594. The fourth-order valence-corrected chi connectivity index (χ4v) is 2.52. The van der Waals surface area contributed by atoms with Crippen molar-refractivity contribution in [2.24, 2.45) is 5.92 Å². The summed E-state index contributed by atoms with van der Waals surface area (Å²) in [6, 6.07) is 0. The first-order chi connectivity index (χ1) is 4.43. The Kier molecular flexibility index (Phi) is 3.44. The molecule has 1 aliphatic rings. The molecule has 0 aromatic carbocycles. The van der Waals surface area contributed by atoms with E-state index >= 15 is 0 Å². The average Bonchev–Trinajstić information content (AvgIpc) is 2.34. The molecule has 9 heavy (non-hydrogen) atoms. The zero-order valence-electron chi connectivity index (χ0n) is 5.64. The highest BCUT2D eigenvalue weighted by molar-refractivity contribution is 7.99. The molecule has 0 spiro atoms. The van der Waals surface area contributed by atoms with Crippen LogP contribution in [-0.2, 0) is 5.11 Å². The van der Waals surface area contributed by atoms with Crippen molar-refractivity contribution in [2.75, 3.05) is 18.1 Å². The first-order valence-corrected chi connectivity index (χ1v) is 4.75. The largest absolute Gasteiger partial charge is 0.237 e. The Bertz CT molecular complexity index is 69.3. The van der Waals surface area contributed by atoms with Crippen molar-refractivity contribution >= 4 is 11.8 Å². The first kappa shape index (κ1) is 7.42. The van der Waals surface area contributed by atoms with Gasteiger partial charge in [-0.3, -0.25) is 0 Å². The molecule has 1 heterocycles. The summed E-state index contributed by atoms with van der Waals surface area (Å²) in [6.45, 7) is 0.126. The van der Waals surface area contributed by atoms with Gasteiger partial charge in [-0.25, -0.2) is 5.11 Å². The van der Waals surface area contributed by atoms with Crippen LogP contribution in [0.3, 0.4) is 0 Å². The lowest BCUT2D eigenvalue weighted by molar-refractivity contribution is 0.182. The molecule has 1 nitrogen and oxygen atoms in total. The van der Waals surface area contributed by atoms with E-state index in [-0.39, 0.29) is 6.61 Å². The van der Waals surface area contributed by atoms with Crippen LogP contribution >= 0.6 is 11.8 Å². The Morgan fingerprint density at radius 3 is 3.00 bits per heavy atom. The molecule has 0 aromatic heterocycles. The molecule has 1 aliphatic heterocycles. The highest BCUT2D eigenvalue weighted by atomic mass is 32.2. The van der Waals surface area contributed by atoms with Crippen LogP contribution in [0.5, 0.6) is 0 Å². The van der Waals surface area contributed by atoms with Crippen LogP contribution < -0.4 is 0 Å². The lowest BCUT2D eigenvalue weighted by Crippen LogP contribution is -1.97. The summed E-state index contributed by atoms with van der Waals surface area (Å²) in [7, 11) is 0. The van der Waals surface area contributed by atoms with Gasteiger partial charge in [0.1, 0.15) is 0 Å². The molecule has 1 saturated heterocycles. The predicted octanol–water partition coefficient (Wildman–Crippen LogP) is 1.95. The summed E-state index contributed by atoms with van der Waals surface area (Å²) in [5.41, 5.74) is 0. The van der Waals surface area contributed by atoms with Gasteiger partial charge in [-0.1, -0.05) is 0 Å². The van der Waals surface area contributed by atoms with Crippen molar-refractivity contribution in [1.29, 1.82) is 0 Å². The van der Waals surface area contributed by atoms with Crippen molar-refractivity contribution in [3.05, 3.63) is 0 Å².